The fourth-order valence-corrected chi connectivity index (χ4v) is 1.48. The highest BCUT2D eigenvalue weighted by Gasteiger charge is 2.05. The van der Waals surface area contributed by atoms with Crippen LogP contribution in [0, 0.1) is 5.82 Å². The van der Waals surface area contributed by atoms with E-state index in [0.717, 1.165) is 5.56 Å². The molecule has 19 heavy (non-hydrogen) atoms. The third kappa shape index (κ3) is 4.43. The summed E-state index contributed by atoms with van der Waals surface area (Å²) in [7, 11) is 0. The number of halogens is 1. The van der Waals surface area contributed by atoms with Gasteiger partial charge in [0.05, 0.1) is 0 Å². The molecular weight excluding hydrogens is 247 g/mol. The van der Waals surface area contributed by atoms with E-state index in [9.17, 15) is 9.18 Å². The minimum Gasteiger partial charge on any atom is -0.482 e. The van der Waals surface area contributed by atoms with Crippen LogP contribution in [-0.4, -0.2) is 12.6 Å². The normalized spacial score (nSPS) is 9.95. The zero-order valence-electron chi connectivity index (χ0n) is 10.2. The fraction of sp³-hybridized carbons (Fsp3) is 0.133. The third-order valence-corrected chi connectivity index (χ3v) is 2.40. The van der Waals surface area contributed by atoms with Gasteiger partial charge in [-0.25, -0.2) is 9.18 Å². The molecule has 0 unspecified atom stereocenters. The van der Waals surface area contributed by atoms with Gasteiger partial charge in [0.25, 0.3) is 0 Å². The van der Waals surface area contributed by atoms with Crippen molar-refractivity contribution >= 4 is 5.97 Å². The Hall–Kier alpha value is -2.36. The summed E-state index contributed by atoms with van der Waals surface area (Å²) in [5.41, 5.74) is 0.904. The molecule has 0 spiro atoms. The summed E-state index contributed by atoms with van der Waals surface area (Å²) in [5, 5.41) is 0. The predicted molar refractivity (Wildman–Crippen MR) is 68.1 cm³/mol. The second-order valence-electron chi connectivity index (χ2n) is 3.89. The monoisotopic (exact) mass is 260 g/mol. The van der Waals surface area contributed by atoms with Gasteiger partial charge in [-0.2, -0.15) is 0 Å². The lowest BCUT2D eigenvalue weighted by Gasteiger charge is -2.07. The highest BCUT2D eigenvalue weighted by atomic mass is 19.1. The summed E-state index contributed by atoms with van der Waals surface area (Å²) in [4.78, 5) is 11.4. The minimum absolute atomic E-state index is 0.201. The average Bonchev–Trinajstić information content (AvgIpc) is 2.44. The van der Waals surface area contributed by atoms with Crippen molar-refractivity contribution in [3.63, 3.8) is 0 Å². The number of carbonyl (C=O) groups excluding carboxylic acids is 1. The standard InChI is InChI=1S/C15H13FO3/c16-13-7-4-8-14(9-13)18-11-15(17)19-10-12-5-2-1-3-6-12/h1-9H,10-11H2. The van der Waals surface area contributed by atoms with Crippen LogP contribution in [-0.2, 0) is 16.1 Å². The molecule has 4 heteroatoms. The molecule has 2 aromatic rings. The van der Waals surface area contributed by atoms with Crippen molar-refractivity contribution in [1.29, 1.82) is 0 Å². The number of benzene rings is 2. The van der Waals surface area contributed by atoms with E-state index < -0.39 is 11.8 Å². The van der Waals surface area contributed by atoms with Gasteiger partial charge in [-0.15, -0.1) is 0 Å². The Morgan fingerprint density at radius 2 is 1.84 bits per heavy atom. The van der Waals surface area contributed by atoms with Crippen LogP contribution >= 0.6 is 0 Å². The fourth-order valence-electron chi connectivity index (χ4n) is 1.48. The lowest BCUT2D eigenvalue weighted by atomic mass is 10.2. The van der Waals surface area contributed by atoms with E-state index in [1.54, 1.807) is 6.07 Å². The van der Waals surface area contributed by atoms with E-state index in [4.69, 9.17) is 9.47 Å². The zero-order chi connectivity index (χ0) is 13.5. The quantitative estimate of drug-likeness (QED) is 0.775. The van der Waals surface area contributed by atoms with Crippen molar-refractivity contribution in [2.75, 3.05) is 6.61 Å². The van der Waals surface area contributed by atoms with Crippen LogP contribution in [0.2, 0.25) is 0 Å². The lowest BCUT2D eigenvalue weighted by molar-refractivity contribution is -0.147. The summed E-state index contributed by atoms with van der Waals surface area (Å²) < 4.78 is 23.0. The van der Waals surface area contributed by atoms with E-state index in [2.05, 4.69) is 0 Å². The zero-order valence-corrected chi connectivity index (χ0v) is 10.2. The van der Waals surface area contributed by atoms with Gasteiger partial charge in [-0.05, 0) is 17.7 Å². The second-order valence-corrected chi connectivity index (χ2v) is 3.89. The van der Waals surface area contributed by atoms with Crippen molar-refractivity contribution in [3.05, 3.63) is 66.0 Å². The number of rotatable bonds is 5. The first-order valence-corrected chi connectivity index (χ1v) is 5.82. The molecule has 0 aliphatic heterocycles. The van der Waals surface area contributed by atoms with Gasteiger partial charge in [0.2, 0.25) is 0 Å². The summed E-state index contributed by atoms with van der Waals surface area (Å²) in [5.74, 6) is -0.597. The minimum atomic E-state index is -0.492. The lowest BCUT2D eigenvalue weighted by Crippen LogP contribution is -2.14. The van der Waals surface area contributed by atoms with E-state index in [-0.39, 0.29) is 13.2 Å². The topological polar surface area (TPSA) is 35.5 Å². The molecule has 0 heterocycles. The van der Waals surface area contributed by atoms with Gasteiger partial charge in [-0.1, -0.05) is 36.4 Å². The van der Waals surface area contributed by atoms with Crippen LogP contribution in [0.5, 0.6) is 5.75 Å². The number of ether oxygens (including phenoxy) is 2. The highest BCUT2D eigenvalue weighted by molar-refractivity contribution is 5.71. The Morgan fingerprint density at radius 3 is 2.58 bits per heavy atom. The maximum Gasteiger partial charge on any atom is 0.344 e. The average molecular weight is 260 g/mol. The Bertz CT molecular complexity index is 540. The first kappa shape index (κ1) is 13.1. The van der Waals surface area contributed by atoms with Crippen molar-refractivity contribution in [2.24, 2.45) is 0 Å². The first-order chi connectivity index (χ1) is 9.24. The number of hydrogen-bond acceptors (Lipinski definition) is 3. The molecule has 3 nitrogen and oxygen atoms in total. The molecular formula is C15H13FO3. The Labute approximate surface area is 110 Å². The Morgan fingerprint density at radius 1 is 1.05 bits per heavy atom. The molecule has 0 fully saturated rings. The van der Waals surface area contributed by atoms with Gasteiger partial charge in [-0.3, -0.25) is 0 Å². The molecule has 0 amide bonds. The number of hydrogen-bond donors (Lipinski definition) is 0. The predicted octanol–water partition coefficient (Wildman–Crippen LogP) is 2.95. The van der Waals surface area contributed by atoms with E-state index in [1.165, 1.54) is 18.2 Å². The van der Waals surface area contributed by atoms with Crippen LogP contribution in [0.4, 0.5) is 4.39 Å². The third-order valence-electron chi connectivity index (χ3n) is 2.40. The van der Waals surface area contributed by atoms with Gasteiger partial charge in [0.1, 0.15) is 18.2 Å². The SMILES string of the molecule is O=C(COc1cccc(F)c1)OCc1ccccc1. The van der Waals surface area contributed by atoms with Crippen LogP contribution in [0.25, 0.3) is 0 Å². The summed E-state index contributed by atoms with van der Waals surface area (Å²) >= 11 is 0. The molecule has 2 rings (SSSR count). The number of carbonyl (C=O) groups is 1. The maximum atomic E-state index is 12.9. The molecule has 2 aromatic carbocycles. The van der Waals surface area contributed by atoms with Gasteiger partial charge in [0, 0.05) is 6.07 Å². The van der Waals surface area contributed by atoms with Crippen LogP contribution in [0.1, 0.15) is 5.56 Å². The van der Waals surface area contributed by atoms with E-state index >= 15 is 0 Å². The molecule has 0 aliphatic rings. The van der Waals surface area contributed by atoms with Gasteiger partial charge >= 0.3 is 5.97 Å². The Kier molecular flexibility index (Phi) is 4.50. The molecule has 98 valence electrons. The Balaban J connectivity index is 1.76. The summed E-state index contributed by atoms with van der Waals surface area (Å²) in [6, 6.07) is 15.0. The molecule has 0 saturated carbocycles. The number of esters is 1. The first-order valence-electron chi connectivity index (χ1n) is 5.82. The van der Waals surface area contributed by atoms with E-state index in [1.807, 2.05) is 30.3 Å². The molecule has 0 bridgehead atoms. The molecule has 0 radical (unpaired) electrons. The van der Waals surface area contributed by atoms with Gasteiger partial charge < -0.3 is 9.47 Å². The maximum absolute atomic E-state index is 12.9. The molecule has 0 aliphatic carbocycles. The molecule has 0 atom stereocenters. The largest absolute Gasteiger partial charge is 0.482 e. The van der Waals surface area contributed by atoms with Crippen molar-refractivity contribution < 1.29 is 18.7 Å². The van der Waals surface area contributed by atoms with Crippen molar-refractivity contribution in [2.45, 2.75) is 6.61 Å². The smallest absolute Gasteiger partial charge is 0.344 e. The second kappa shape index (κ2) is 6.54. The van der Waals surface area contributed by atoms with Crippen LogP contribution in [0.15, 0.2) is 54.6 Å². The molecule has 0 saturated heterocycles. The highest BCUT2D eigenvalue weighted by Crippen LogP contribution is 2.11. The molecule has 0 aromatic heterocycles. The van der Waals surface area contributed by atoms with Gasteiger partial charge in [0.15, 0.2) is 6.61 Å². The molecule has 0 N–H and O–H groups in total. The summed E-state index contributed by atoms with van der Waals surface area (Å²) in [6.07, 6.45) is 0. The summed E-state index contributed by atoms with van der Waals surface area (Å²) in [6.45, 7) is -0.0392. The van der Waals surface area contributed by atoms with Crippen LogP contribution in [0.3, 0.4) is 0 Å². The van der Waals surface area contributed by atoms with Crippen molar-refractivity contribution in [1.82, 2.24) is 0 Å². The van der Waals surface area contributed by atoms with Crippen LogP contribution < -0.4 is 4.74 Å². The van der Waals surface area contributed by atoms with E-state index in [0.29, 0.717) is 5.75 Å². The van der Waals surface area contributed by atoms with Crippen molar-refractivity contribution in [3.8, 4) is 5.75 Å².